The van der Waals surface area contributed by atoms with Gasteiger partial charge in [0.1, 0.15) is 18.5 Å². The Hall–Kier alpha value is -1.02. The molecule has 1 heterocycles. The molecule has 0 aliphatic carbocycles. The predicted octanol–water partition coefficient (Wildman–Crippen LogP) is 2.39. The molecular weight excluding hydrogens is 176 g/mol. The van der Waals surface area contributed by atoms with Crippen LogP contribution >= 0.6 is 0 Å². The zero-order valence-electron chi connectivity index (χ0n) is 8.96. The first-order valence-electron chi connectivity index (χ1n) is 4.99. The van der Waals surface area contributed by atoms with Crippen molar-refractivity contribution in [1.29, 1.82) is 0 Å². The molecule has 0 aromatic heterocycles. The fourth-order valence-corrected chi connectivity index (χ4v) is 1.73. The van der Waals surface area contributed by atoms with Gasteiger partial charge in [-0.25, -0.2) is 0 Å². The van der Waals surface area contributed by atoms with Gasteiger partial charge in [0.2, 0.25) is 0 Å². The van der Waals surface area contributed by atoms with Gasteiger partial charge in [-0.2, -0.15) is 0 Å². The lowest BCUT2D eigenvalue weighted by Gasteiger charge is -2.11. The largest absolute Gasteiger partial charge is 0.490 e. The van der Waals surface area contributed by atoms with E-state index in [0.29, 0.717) is 12.7 Å². The Morgan fingerprint density at radius 2 is 1.86 bits per heavy atom. The number of ether oxygens (including phenoxy) is 2. The lowest BCUT2D eigenvalue weighted by Crippen LogP contribution is -2.06. The van der Waals surface area contributed by atoms with E-state index in [-0.39, 0.29) is 0 Å². The number of hydrogen-bond donors (Lipinski definition) is 0. The molecular formula is C12H16O2. The molecule has 2 heteroatoms. The maximum absolute atomic E-state index is 5.72. The molecule has 14 heavy (non-hydrogen) atoms. The van der Waals surface area contributed by atoms with Crippen LogP contribution in [-0.4, -0.2) is 19.3 Å². The van der Waals surface area contributed by atoms with Crippen LogP contribution in [0.4, 0.5) is 0 Å². The van der Waals surface area contributed by atoms with Crippen molar-refractivity contribution in [1.82, 2.24) is 0 Å². The first kappa shape index (κ1) is 9.53. The van der Waals surface area contributed by atoms with Crippen LogP contribution in [0.3, 0.4) is 0 Å². The fraction of sp³-hybridized carbons (Fsp3) is 0.500. The minimum Gasteiger partial charge on any atom is -0.490 e. The molecule has 0 bridgehead atoms. The van der Waals surface area contributed by atoms with Crippen molar-refractivity contribution in [2.75, 3.05) is 13.2 Å². The minimum atomic E-state index is 0.329. The zero-order valence-corrected chi connectivity index (χ0v) is 8.96. The first-order valence-corrected chi connectivity index (χ1v) is 4.99. The summed E-state index contributed by atoms with van der Waals surface area (Å²) in [6.07, 6.45) is 0.329. The van der Waals surface area contributed by atoms with Crippen LogP contribution in [0.25, 0.3) is 0 Å². The Morgan fingerprint density at radius 3 is 2.36 bits per heavy atom. The molecule has 0 spiro atoms. The van der Waals surface area contributed by atoms with Gasteiger partial charge in [-0.05, 0) is 31.9 Å². The normalized spacial score (nSPS) is 19.5. The van der Waals surface area contributed by atoms with Crippen molar-refractivity contribution in [3.05, 3.63) is 28.8 Å². The second kappa shape index (κ2) is 3.62. The average Bonchev–Trinajstić information content (AvgIpc) is 2.85. The van der Waals surface area contributed by atoms with Crippen LogP contribution in [0.2, 0.25) is 0 Å². The zero-order chi connectivity index (χ0) is 10.1. The second-order valence-corrected chi connectivity index (χ2v) is 3.99. The summed E-state index contributed by atoms with van der Waals surface area (Å²) in [4.78, 5) is 0. The van der Waals surface area contributed by atoms with Gasteiger partial charge >= 0.3 is 0 Å². The molecule has 0 unspecified atom stereocenters. The maximum atomic E-state index is 5.72. The van der Waals surface area contributed by atoms with Gasteiger partial charge in [0.25, 0.3) is 0 Å². The molecule has 1 aromatic rings. The summed E-state index contributed by atoms with van der Waals surface area (Å²) in [5, 5.41) is 0. The van der Waals surface area contributed by atoms with Gasteiger partial charge in [0.15, 0.2) is 0 Å². The Kier molecular flexibility index (Phi) is 2.46. The highest BCUT2D eigenvalue weighted by atomic mass is 16.6. The number of rotatable bonds is 3. The second-order valence-electron chi connectivity index (χ2n) is 3.99. The summed E-state index contributed by atoms with van der Waals surface area (Å²) < 4.78 is 10.8. The minimum absolute atomic E-state index is 0.329. The van der Waals surface area contributed by atoms with E-state index in [0.717, 1.165) is 12.4 Å². The van der Waals surface area contributed by atoms with E-state index in [2.05, 4.69) is 32.9 Å². The van der Waals surface area contributed by atoms with Crippen LogP contribution in [0.15, 0.2) is 12.1 Å². The average molecular weight is 192 g/mol. The standard InChI is InChI=1S/C12H16O2/c1-8-4-9(2)12(10(3)5-8)14-7-11-6-13-11/h4-5,11H,6-7H2,1-3H3/t11-/m0/s1. The number of benzene rings is 1. The van der Waals surface area contributed by atoms with Crippen LogP contribution in [0.5, 0.6) is 5.75 Å². The van der Waals surface area contributed by atoms with Crippen LogP contribution in [-0.2, 0) is 4.74 Å². The molecule has 1 aliphatic rings. The topological polar surface area (TPSA) is 21.8 Å². The molecule has 1 aromatic carbocycles. The molecule has 0 amide bonds. The van der Waals surface area contributed by atoms with Crippen molar-refractivity contribution in [3.63, 3.8) is 0 Å². The van der Waals surface area contributed by atoms with Crippen molar-refractivity contribution in [2.24, 2.45) is 0 Å². The maximum Gasteiger partial charge on any atom is 0.125 e. The number of aryl methyl sites for hydroxylation is 3. The SMILES string of the molecule is Cc1cc(C)c(OC[C@@H]2CO2)c(C)c1. The summed E-state index contributed by atoms with van der Waals surface area (Å²) >= 11 is 0. The molecule has 2 nitrogen and oxygen atoms in total. The van der Waals surface area contributed by atoms with Crippen LogP contribution in [0.1, 0.15) is 16.7 Å². The molecule has 0 N–H and O–H groups in total. The molecule has 0 radical (unpaired) electrons. The predicted molar refractivity (Wildman–Crippen MR) is 55.9 cm³/mol. The van der Waals surface area contributed by atoms with Crippen molar-refractivity contribution < 1.29 is 9.47 Å². The molecule has 76 valence electrons. The van der Waals surface area contributed by atoms with Gasteiger partial charge in [0, 0.05) is 0 Å². The van der Waals surface area contributed by atoms with Gasteiger partial charge in [0.05, 0.1) is 6.61 Å². The Bertz CT molecular complexity index is 317. The van der Waals surface area contributed by atoms with E-state index in [4.69, 9.17) is 9.47 Å². The highest BCUT2D eigenvalue weighted by Crippen LogP contribution is 2.25. The summed E-state index contributed by atoms with van der Waals surface area (Å²) in [5.74, 6) is 1.02. The molecule has 2 rings (SSSR count). The fourth-order valence-electron chi connectivity index (χ4n) is 1.73. The summed E-state index contributed by atoms with van der Waals surface area (Å²) in [5.41, 5.74) is 3.71. The lowest BCUT2D eigenvalue weighted by molar-refractivity contribution is 0.260. The highest BCUT2D eigenvalue weighted by molar-refractivity contribution is 5.42. The smallest absolute Gasteiger partial charge is 0.125 e. The Morgan fingerprint density at radius 1 is 1.29 bits per heavy atom. The van der Waals surface area contributed by atoms with E-state index in [1.54, 1.807) is 0 Å². The molecule has 0 saturated carbocycles. The van der Waals surface area contributed by atoms with Crippen LogP contribution in [0, 0.1) is 20.8 Å². The van der Waals surface area contributed by atoms with E-state index in [1.165, 1.54) is 16.7 Å². The van der Waals surface area contributed by atoms with Gasteiger partial charge in [-0.15, -0.1) is 0 Å². The molecule has 1 aliphatic heterocycles. The van der Waals surface area contributed by atoms with E-state index >= 15 is 0 Å². The van der Waals surface area contributed by atoms with Crippen LogP contribution < -0.4 is 4.74 Å². The molecule has 1 fully saturated rings. The number of hydrogen-bond acceptors (Lipinski definition) is 2. The number of epoxide rings is 1. The Labute approximate surface area is 84.8 Å². The van der Waals surface area contributed by atoms with Crippen molar-refractivity contribution in [2.45, 2.75) is 26.9 Å². The quantitative estimate of drug-likeness (QED) is 0.686. The van der Waals surface area contributed by atoms with Gasteiger partial charge in [-0.1, -0.05) is 17.7 Å². The third-order valence-electron chi connectivity index (χ3n) is 2.42. The Balaban J connectivity index is 2.13. The molecule has 1 atom stereocenters. The van der Waals surface area contributed by atoms with Crippen molar-refractivity contribution >= 4 is 0 Å². The van der Waals surface area contributed by atoms with Gasteiger partial charge in [-0.3, -0.25) is 0 Å². The summed E-state index contributed by atoms with van der Waals surface area (Å²) in [6.45, 7) is 7.81. The molecule has 1 saturated heterocycles. The third-order valence-corrected chi connectivity index (χ3v) is 2.42. The van der Waals surface area contributed by atoms with E-state index < -0.39 is 0 Å². The van der Waals surface area contributed by atoms with E-state index in [9.17, 15) is 0 Å². The lowest BCUT2D eigenvalue weighted by atomic mass is 10.1. The van der Waals surface area contributed by atoms with Crippen molar-refractivity contribution in [3.8, 4) is 5.75 Å². The van der Waals surface area contributed by atoms with Gasteiger partial charge < -0.3 is 9.47 Å². The first-order chi connectivity index (χ1) is 6.66. The third kappa shape index (κ3) is 2.07. The monoisotopic (exact) mass is 192 g/mol. The summed E-state index contributed by atoms with van der Waals surface area (Å²) in [6, 6.07) is 4.30. The summed E-state index contributed by atoms with van der Waals surface area (Å²) in [7, 11) is 0. The highest BCUT2D eigenvalue weighted by Gasteiger charge is 2.23. The van der Waals surface area contributed by atoms with E-state index in [1.807, 2.05) is 0 Å².